The van der Waals surface area contributed by atoms with Crippen LogP contribution in [-0.2, 0) is 14.3 Å². The Bertz CT molecular complexity index is 660. The number of guanidine groups is 1. The number of amides is 1. The van der Waals surface area contributed by atoms with Gasteiger partial charge in [0.25, 0.3) is 0 Å². The zero-order chi connectivity index (χ0) is 20.9. The van der Waals surface area contributed by atoms with Crippen LogP contribution < -0.4 is 15.4 Å². The molecule has 9 heteroatoms. The molecule has 1 saturated heterocycles. The highest BCUT2D eigenvalue weighted by Crippen LogP contribution is 2.18. The molecule has 1 heterocycles. The number of ether oxygens (including phenoxy) is 3. The third kappa shape index (κ3) is 9.94. The fourth-order valence-corrected chi connectivity index (χ4v) is 3.16. The molecule has 170 valence electrons. The van der Waals surface area contributed by atoms with Crippen molar-refractivity contribution in [2.75, 3.05) is 65.0 Å². The lowest BCUT2D eigenvalue weighted by atomic mass is 10.1. The minimum atomic E-state index is -0.102. The van der Waals surface area contributed by atoms with Crippen molar-refractivity contribution in [1.82, 2.24) is 10.2 Å². The molecule has 1 aromatic carbocycles. The maximum Gasteiger partial charge on any atom is 0.221 e. The summed E-state index contributed by atoms with van der Waals surface area (Å²) in [4.78, 5) is 18.1. The smallest absolute Gasteiger partial charge is 0.221 e. The number of hydrogen-bond acceptors (Lipinski definition) is 5. The van der Waals surface area contributed by atoms with Gasteiger partial charge in [-0.25, -0.2) is 4.99 Å². The highest BCUT2D eigenvalue weighted by atomic mass is 127. The summed E-state index contributed by atoms with van der Waals surface area (Å²) in [5.74, 6) is 2.05. The molecular weight excluding hydrogens is 499 g/mol. The lowest BCUT2D eigenvalue weighted by molar-refractivity contribution is -0.114. The monoisotopic (exact) mass is 534 g/mol. The van der Waals surface area contributed by atoms with Gasteiger partial charge in [0.05, 0.1) is 26.4 Å². The Morgan fingerprint density at radius 1 is 1.30 bits per heavy atom. The molecule has 1 aliphatic rings. The number of nitrogens with zero attached hydrogens (tertiary/aromatic N) is 2. The van der Waals surface area contributed by atoms with Crippen molar-refractivity contribution in [3.63, 3.8) is 0 Å². The standard InChI is InChI=1S/C21H34N4O4.HI/c1-4-22-21(25-10-8-18(15-25)16-28-13-12-27-3)23-9-11-29-20-7-5-6-19(14-20)24-17(2)26;/h5-7,14,18H,4,8-13,15-16H2,1-3H3,(H,22,23)(H,24,26);1H. The zero-order valence-electron chi connectivity index (χ0n) is 18.2. The average molecular weight is 534 g/mol. The molecule has 1 aliphatic heterocycles. The van der Waals surface area contributed by atoms with Crippen LogP contribution in [0, 0.1) is 5.92 Å². The predicted molar refractivity (Wildman–Crippen MR) is 130 cm³/mol. The maximum absolute atomic E-state index is 11.2. The fourth-order valence-electron chi connectivity index (χ4n) is 3.16. The van der Waals surface area contributed by atoms with Gasteiger partial charge in [0.1, 0.15) is 12.4 Å². The molecular formula is C21H35IN4O4. The lowest BCUT2D eigenvalue weighted by Crippen LogP contribution is -2.40. The van der Waals surface area contributed by atoms with E-state index >= 15 is 0 Å². The third-order valence-electron chi connectivity index (χ3n) is 4.48. The number of methoxy groups -OCH3 is 1. The molecule has 1 unspecified atom stereocenters. The third-order valence-corrected chi connectivity index (χ3v) is 4.48. The van der Waals surface area contributed by atoms with Crippen LogP contribution in [-0.4, -0.2) is 76.5 Å². The molecule has 1 aromatic rings. The Hall–Kier alpha value is -1.59. The van der Waals surface area contributed by atoms with E-state index in [1.165, 1.54) is 6.92 Å². The number of nitrogens with one attached hydrogen (secondary N) is 2. The number of carbonyl (C=O) groups excluding carboxylic acids is 1. The van der Waals surface area contributed by atoms with Gasteiger partial charge in [-0.05, 0) is 25.5 Å². The zero-order valence-corrected chi connectivity index (χ0v) is 20.5. The summed E-state index contributed by atoms with van der Waals surface area (Å²) in [6, 6.07) is 7.37. The SMILES string of the molecule is CCNC(=NCCOc1cccc(NC(C)=O)c1)N1CCC(COCCOC)C1.I. The topological polar surface area (TPSA) is 84.4 Å². The van der Waals surface area contributed by atoms with Crippen LogP contribution in [0.5, 0.6) is 5.75 Å². The number of aliphatic imine (C=N–C) groups is 1. The molecule has 1 amide bonds. The Morgan fingerprint density at radius 2 is 2.13 bits per heavy atom. The number of anilines is 1. The van der Waals surface area contributed by atoms with Crippen LogP contribution in [0.4, 0.5) is 5.69 Å². The first-order chi connectivity index (χ1) is 14.1. The summed E-state index contributed by atoms with van der Waals surface area (Å²) in [7, 11) is 1.68. The molecule has 0 radical (unpaired) electrons. The van der Waals surface area contributed by atoms with Crippen molar-refractivity contribution in [1.29, 1.82) is 0 Å². The fraction of sp³-hybridized carbons (Fsp3) is 0.619. The van der Waals surface area contributed by atoms with Crippen LogP contribution in [0.3, 0.4) is 0 Å². The summed E-state index contributed by atoms with van der Waals surface area (Å²) in [5.41, 5.74) is 0.725. The van der Waals surface area contributed by atoms with E-state index in [4.69, 9.17) is 19.2 Å². The lowest BCUT2D eigenvalue weighted by Gasteiger charge is -2.21. The number of rotatable bonds is 11. The van der Waals surface area contributed by atoms with Crippen molar-refractivity contribution in [2.24, 2.45) is 10.9 Å². The Morgan fingerprint density at radius 3 is 2.87 bits per heavy atom. The van der Waals surface area contributed by atoms with Gasteiger partial charge in [-0.15, -0.1) is 24.0 Å². The molecule has 0 saturated carbocycles. The van der Waals surface area contributed by atoms with E-state index in [1.54, 1.807) is 7.11 Å². The van der Waals surface area contributed by atoms with Crippen molar-refractivity contribution < 1.29 is 19.0 Å². The summed E-state index contributed by atoms with van der Waals surface area (Å²) in [6.07, 6.45) is 1.10. The van der Waals surface area contributed by atoms with E-state index in [-0.39, 0.29) is 29.9 Å². The first-order valence-corrected chi connectivity index (χ1v) is 10.2. The summed E-state index contributed by atoms with van der Waals surface area (Å²) < 4.78 is 16.5. The second-order valence-corrected chi connectivity index (χ2v) is 6.96. The van der Waals surface area contributed by atoms with Gasteiger partial charge in [-0.3, -0.25) is 4.79 Å². The van der Waals surface area contributed by atoms with Crippen LogP contribution >= 0.6 is 24.0 Å². The highest BCUT2D eigenvalue weighted by Gasteiger charge is 2.24. The van der Waals surface area contributed by atoms with Crippen molar-refractivity contribution in [3.05, 3.63) is 24.3 Å². The number of likely N-dealkylation sites (tertiary alicyclic amines) is 1. The molecule has 1 atom stereocenters. The van der Waals surface area contributed by atoms with Crippen LogP contribution in [0.2, 0.25) is 0 Å². The normalized spacial score (nSPS) is 16.2. The first-order valence-electron chi connectivity index (χ1n) is 10.2. The summed E-state index contributed by atoms with van der Waals surface area (Å²) >= 11 is 0. The van der Waals surface area contributed by atoms with E-state index in [1.807, 2.05) is 24.3 Å². The number of carbonyl (C=O) groups is 1. The van der Waals surface area contributed by atoms with Gasteiger partial charge in [0.15, 0.2) is 5.96 Å². The Kier molecular flexibility index (Phi) is 13.4. The van der Waals surface area contributed by atoms with Gasteiger partial charge in [0.2, 0.25) is 5.91 Å². The molecule has 8 nitrogen and oxygen atoms in total. The quantitative estimate of drug-likeness (QED) is 0.197. The number of halogens is 1. The predicted octanol–water partition coefficient (Wildman–Crippen LogP) is 2.59. The van der Waals surface area contributed by atoms with Crippen molar-refractivity contribution in [2.45, 2.75) is 20.3 Å². The van der Waals surface area contributed by atoms with E-state index in [0.29, 0.717) is 38.0 Å². The molecule has 30 heavy (non-hydrogen) atoms. The van der Waals surface area contributed by atoms with Gasteiger partial charge in [-0.2, -0.15) is 0 Å². The van der Waals surface area contributed by atoms with E-state index in [9.17, 15) is 4.79 Å². The molecule has 0 aromatic heterocycles. The first kappa shape index (κ1) is 26.4. The van der Waals surface area contributed by atoms with Gasteiger partial charge >= 0.3 is 0 Å². The molecule has 2 rings (SSSR count). The molecule has 0 bridgehead atoms. The molecule has 0 aliphatic carbocycles. The van der Waals surface area contributed by atoms with Crippen molar-refractivity contribution >= 4 is 41.5 Å². The summed E-state index contributed by atoms with van der Waals surface area (Å²) in [6.45, 7) is 9.35. The van der Waals surface area contributed by atoms with Gasteiger partial charge in [-0.1, -0.05) is 6.07 Å². The second kappa shape index (κ2) is 15.2. The number of hydrogen-bond donors (Lipinski definition) is 2. The van der Waals surface area contributed by atoms with E-state index in [2.05, 4.69) is 22.5 Å². The largest absolute Gasteiger partial charge is 0.492 e. The maximum atomic E-state index is 11.2. The Labute approximate surface area is 196 Å². The van der Waals surface area contributed by atoms with E-state index < -0.39 is 0 Å². The van der Waals surface area contributed by atoms with Crippen LogP contribution in [0.15, 0.2) is 29.3 Å². The van der Waals surface area contributed by atoms with Crippen LogP contribution in [0.25, 0.3) is 0 Å². The van der Waals surface area contributed by atoms with Crippen molar-refractivity contribution in [3.8, 4) is 5.75 Å². The minimum Gasteiger partial charge on any atom is -0.492 e. The van der Waals surface area contributed by atoms with E-state index in [0.717, 1.165) is 44.3 Å². The van der Waals surface area contributed by atoms with Crippen LogP contribution in [0.1, 0.15) is 20.3 Å². The molecule has 2 N–H and O–H groups in total. The summed E-state index contributed by atoms with van der Waals surface area (Å²) in [5, 5.41) is 6.12. The highest BCUT2D eigenvalue weighted by molar-refractivity contribution is 14.0. The average Bonchev–Trinajstić information content (AvgIpc) is 3.16. The number of benzene rings is 1. The van der Waals surface area contributed by atoms with Gasteiger partial charge < -0.3 is 29.7 Å². The minimum absolute atomic E-state index is 0. The Balaban J connectivity index is 0.00000450. The molecule has 0 spiro atoms. The molecule has 1 fully saturated rings. The van der Waals surface area contributed by atoms with Gasteiger partial charge in [0, 0.05) is 51.3 Å². The second-order valence-electron chi connectivity index (χ2n) is 6.96.